The van der Waals surface area contributed by atoms with Crippen LogP contribution in [-0.4, -0.2) is 13.1 Å². The van der Waals surface area contributed by atoms with Crippen LogP contribution >= 0.6 is 0 Å². The van der Waals surface area contributed by atoms with E-state index in [0.717, 1.165) is 24.8 Å². The van der Waals surface area contributed by atoms with Gasteiger partial charge in [-0.1, -0.05) is 85.8 Å². The third-order valence-corrected chi connectivity index (χ3v) is 7.61. The summed E-state index contributed by atoms with van der Waals surface area (Å²) in [5.74, 6) is 1.18. The number of rotatable bonds is 5. The summed E-state index contributed by atoms with van der Waals surface area (Å²) >= 11 is 0. The van der Waals surface area contributed by atoms with E-state index in [1.165, 1.54) is 40.1 Å². The Balaban J connectivity index is 1.45. The highest BCUT2D eigenvalue weighted by atomic mass is 16.5. The third-order valence-electron chi connectivity index (χ3n) is 7.61. The van der Waals surface area contributed by atoms with Gasteiger partial charge in [0, 0.05) is 5.92 Å². The van der Waals surface area contributed by atoms with E-state index in [2.05, 4.69) is 85.8 Å². The fraction of sp³-hybridized carbons (Fsp3) is 0.281. The Labute approximate surface area is 202 Å². The maximum absolute atomic E-state index is 12.1. The molecule has 1 aliphatic rings. The summed E-state index contributed by atoms with van der Waals surface area (Å²) < 4.78 is 4.95. The molecule has 0 aliphatic heterocycles. The van der Waals surface area contributed by atoms with Crippen LogP contribution < -0.4 is 0 Å². The highest BCUT2D eigenvalue weighted by Gasteiger charge is 2.29. The summed E-state index contributed by atoms with van der Waals surface area (Å²) in [5, 5.41) is 2.69. The maximum atomic E-state index is 12.1. The molecule has 1 aliphatic carbocycles. The van der Waals surface area contributed by atoms with Crippen LogP contribution in [0.3, 0.4) is 0 Å². The van der Waals surface area contributed by atoms with Crippen molar-refractivity contribution in [1.82, 2.24) is 0 Å². The molecule has 0 heterocycles. The van der Waals surface area contributed by atoms with E-state index in [9.17, 15) is 4.79 Å². The Bertz CT molecular complexity index is 1330. The SMILES string of the molecule is COC(=O)c1ccc(C2CC(C[C@H](C)c3cccc4ccccc34)Cc3ccccc32)cc1C. The molecule has 0 saturated carbocycles. The van der Waals surface area contributed by atoms with Crippen molar-refractivity contribution < 1.29 is 9.53 Å². The van der Waals surface area contributed by atoms with E-state index in [4.69, 9.17) is 4.74 Å². The number of ether oxygens (including phenoxy) is 1. The lowest BCUT2D eigenvalue weighted by Crippen LogP contribution is -2.21. The van der Waals surface area contributed by atoms with Gasteiger partial charge in [-0.2, -0.15) is 0 Å². The number of methoxy groups -OCH3 is 1. The predicted octanol–water partition coefficient (Wildman–Crippen LogP) is 7.82. The maximum Gasteiger partial charge on any atom is 0.338 e. The molecule has 0 bridgehead atoms. The van der Waals surface area contributed by atoms with E-state index in [0.29, 0.717) is 23.3 Å². The lowest BCUT2D eigenvalue weighted by Gasteiger charge is -2.34. The largest absolute Gasteiger partial charge is 0.465 e. The summed E-state index contributed by atoms with van der Waals surface area (Å²) in [6, 6.07) is 30.6. The molecule has 0 amide bonds. The van der Waals surface area contributed by atoms with Crippen molar-refractivity contribution in [1.29, 1.82) is 0 Å². The molecule has 172 valence electrons. The third kappa shape index (κ3) is 4.25. The number of aryl methyl sites for hydroxylation is 1. The molecule has 5 rings (SSSR count). The Morgan fingerprint density at radius 1 is 0.971 bits per heavy atom. The van der Waals surface area contributed by atoms with Crippen LogP contribution in [0.15, 0.2) is 84.9 Å². The average molecular weight is 449 g/mol. The molecule has 34 heavy (non-hydrogen) atoms. The zero-order valence-corrected chi connectivity index (χ0v) is 20.3. The van der Waals surface area contributed by atoms with Gasteiger partial charge in [0.1, 0.15) is 0 Å². The first kappa shape index (κ1) is 22.4. The van der Waals surface area contributed by atoms with Gasteiger partial charge in [-0.05, 0) is 82.7 Å². The molecule has 0 saturated heterocycles. The molecule has 2 heteroatoms. The molecule has 0 fully saturated rings. The first-order valence-corrected chi connectivity index (χ1v) is 12.3. The molecule has 2 unspecified atom stereocenters. The standard InChI is InChI=1S/C32H32O2/c1-21(27-14-8-11-24-9-4-6-12-29(24)27)17-23-19-25-10-5-7-13-30(25)31(20-23)26-15-16-28(22(2)18-26)32(33)34-3/h4-16,18,21,23,31H,17,19-20H2,1-3H3/t21-,23?,31?/m0/s1. The second-order valence-corrected chi connectivity index (χ2v) is 9.83. The van der Waals surface area contributed by atoms with Crippen LogP contribution in [0.25, 0.3) is 10.8 Å². The van der Waals surface area contributed by atoms with Gasteiger partial charge in [0.15, 0.2) is 0 Å². The van der Waals surface area contributed by atoms with Crippen LogP contribution in [0.1, 0.15) is 69.8 Å². The van der Waals surface area contributed by atoms with Crippen molar-refractivity contribution in [3.8, 4) is 0 Å². The minimum atomic E-state index is -0.269. The van der Waals surface area contributed by atoms with E-state index >= 15 is 0 Å². The van der Waals surface area contributed by atoms with Crippen LogP contribution in [0, 0.1) is 12.8 Å². The van der Waals surface area contributed by atoms with Crippen molar-refractivity contribution in [2.45, 2.75) is 44.9 Å². The van der Waals surface area contributed by atoms with Gasteiger partial charge in [-0.25, -0.2) is 4.79 Å². The van der Waals surface area contributed by atoms with Crippen LogP contribution in [-0.2, 0) is 11.2 Å². The highest BCUT2D eigenvalue weighted by Crippen LogP contribution is 2.43. The zero-order chi connectivity index (χ0) is 23.7. The molecule has 0 radical (unpaired) electrons. The first-order chi connectivity index (χ1) is 16.5. The molecule has 3 atom stereocenters. The minimum absolute atomic E-state index is 0.269. The number of carbonyl (C=O) groups is 1. The lowest BCUT2D eigenvalue weighted by atomic mass is 9.71. The summed E-state index contributed by atoms with van der Waals surface area (Å²) in [7, 11) is 1.44. The van der Waals surface area contributed by atoms with Crippen molar-refractivity contribution in [3.05, 3.63) is 118 Å². The summed E-state index contributed by atoms with van der Waals surface area (Å²) in [4.78, 5) is 12.1. The predicted molar refractivity (Wildman–Crippen MR) is 140 cm³/mol. The van der Waals surface area contributed by atoms with Gasteiger partial charge < -0.3 is 4.74 Å². The molecule has 2 nitrogen and oxygen atoms in total. The zero-order valence-electron chi connectivity index (χ0n) is 20.3. The fourth-order valence-corrected chi connectivity index (χ4v) is 5.96. The molecule has 0 aromatic heterocycles. The average Bonchev–Trinajstić information content (AvgIpc) is 2.87. The van der Waals surface area contributed by atoms with Crippen molar-refractivity contribution in [2.75, 3.05) is 7.11 Å². The van der Waals surface area contributed by atoms with Crippen LogP contribution in [0.5, 0.6) is 0 Å². The topological polar surface area (TPSA) is 26.3 Å². The smallest absolute Gasteiger partial charge is 0.338 e. The second kappa shape index (κ2) is 9.46. The summed E-state index contributed by atoms with van der Waals surface area (Å²) in [6.45, 7) is 4.39. The minimum Gasteiger partial charge on any atom is -0.465 e. The molecule has 0 spiro atoms. The Morgan fingerprint density at radius 3 is 2.56 bits per heavy atom. The normalized spacial score (nSPS) is 18.3. The number of hydrogen-bond acceptors (Lipinski definition) is 2. The van der Waals surface area contributed by atoms with Crippen molar-refractivity contribution >= 4 is 16.7 Å². The second-order valence-electron chi connectivity index (χ2n) is 9.83. The van der Waals surface area contributed by atoms with E-state index < -0.39 is 0 Å². The fourth-order valence-electron chi connectivity index (χ4n) is 5.96. The van der Waals surface area contributed by atoms with Gasteiger partial charge in [-0.3, -0.25) is 0 Å². The van der Waals surface area contributed by atoms with Gasteiger partial charge in [-0.15, -0.1) is 0 Å². The van der Waals surface area contributed by atoms with Crippen LogP contribution in [0.4, 0.5) is 0 Å². The van der Waals surface area contributed by atoms with Gasteiger partial charge in [0.25, 0.3) is 0 Å². The van der Waals surface area contributed by atoms with E-state index in [-0.39, 0.29) is 5.97 Å². The van der Waals surface area contributed by atoms with Gasteiger partial charge in [0.2, 0.25) is 0 Å². The highest BCUT2D eigenvalue weighted by molar-refractivity contribution is 5.91. The molecule has 4 aromatic rings. The first-order valence-electron chi connectivity index (χ1n) is 12.3. The molecular formula is C32H32O2. The number of carbonyl (C=O) groups excluding carboxylic acids is 1. The molecular weight excluding hydrogens is 416 g/mol. The number of esters is 1. The number of hydrogen-bond donors (Lipinski definition) is 0. The summed E-state index contributed by atoms with van der Waals surface area (Å²) in [6.07, 6.45) is 3.42. The van der Waals surface area contributed by atoms with Gasteiger partial charge in [0.05, 0.1) is 12.7 Å². The quantitative estimate of drug-likeness (QED) is 0.291. The van der Waals surface area contributed by atoms with Crippen LogP contribution in [0.2, 0.25) is 0 Å². The Hall–Kier alpha value is -3.39. The lowest BCUT2D eigenvalue weighted by molar-refractivity contribution is 0.0600. The van der Waals surface area contributed by atoms with Gasteiger partial charge >= 0.3 is 5.97 Å². The summed E-state index contributed by atoms with van der Waals surface area (Å²) in [5.41, 5.74) is 7.27. The van der Waals surface area contributed by atoms with Crippen molar-refractivity contribution in [3.63, 3.8) is 0 Å². The number of benzene rings is 4. The van der Waals surface area contributed by atoms with E-state index in [1.54, 1.807) is 0 Å². The molecule has 0 N–H and O–H groups in total. The molecule has 4 aromatic carbocycles. The van der Waals surface area contributed by atoms with E-state index in [1.807, 2.05) is 13.0 Å². The Morgan fingerprint density at radius 2 is 1.74 bits per heavy atom. The number of fused-ring (bicyclic) bond motifs is 2. The monoisotopic (exact) mass is 448 g/mol. The van der Waals surface area contributed by atoms with Crippen molar-refractivity contribution in [2.24, 2.45) is 5.92 Å². The Kier molecular flexibility index (Phi) is 6.24.